The fourth-order valence-electron chi connectivity index (χ4n) is 0.870. The van der Waals surface area contributed by atoms with Crippen LogP contribution in [-0.4, -0.2) is 17.9 Å². The Hall–Kier alpha value is -2.11. The van der Waals surface area contributed by atoms with E-state index < -0.39 is 4.92 Å². The minimum Gasteiger partial charge on any atom is -0.370 e. The lowest BCUT2D eigenvalue weighted by Crippen LogP contribution is -2.21. The lowest BCUT2D eigenvalue weighted by atomic mass is 10.3. The number of nitro benzene ring substituents is 1. The SMILES string of the molecule is CN=C(N)Nc1ccc([N+](=O)[O-])cc1. The Morgan fingerprint density at radius 1 is 1.50 bits per heavy atom. The van der Waals surface area contributed by atoms with Gasteiger partial charge in [-0.1, -0.05) is 0 Å². The Bertz CT molecular complexity index is 358. The second kappa shape index (κ2) is 4.22. The number of nitrogens with two attached hydrogens (primary N) is 1. The van der Waals surface area contributed by atoms with Crippen LogP contribution in [0.2, 0.25) is 0 Å². The molecule has 0 aliphatic carbocycles. The number of anilines is 1. The molecule has 6 heteroatoms. The zero-order valence-corrected chi connectivity index (χ0v) is 7.60. The average Bonchev–Trinajstić information content (AvgIpc) is 2.18. The fourth-order valence-corrected chi connectivity index (χ4v) is 0.870. The van der Waals surface area contributed by atoms with Crippen LogP contribution in [0.1, 0.15) is 0 Å². The van der Waals surface area contributed by atoms with Crippen molar-refractivity contribution < 1.29 is 4.92 Å². The molecule has 0 aromatic heterocycles. The molecule has 14 heavy (non-hydrogen) atoms. The highest BCUT2D eigenvalue weighted by molar-refractivity contribution is 5.92. The third-order valence-electron chi connectivity index (χ3n) is 1.59. The van der Waals surface area contributed by atoms with Gasteiger partial charge in [-0.3, -0.25) is 15.1 Å². The van der Waals surface area contributed by atoms with E-state index in [0.29, 0.717) is 5.69 Å². The lowest BCUT2D eigenvalue weighted by molar-refractivity contribution is -0.384. The van der Waals surface area contributed by atoms with E-state index in [1.165, 1.54) is 12.1 Å². The van der Waals surface area contributed by atoms with E-state index in [2.05, 4.69) is 10.3 Å². The zero-order valence-electron chi connectivity index (χ0n) is 7.60. The molecule has 0 amide bonds. The Balaban J connectivity index is 2.79. The van der Waals surface area contributed by atoms with Gasteiger partial charge >= 0.3 is 0 Å². The second-order valence-corrected chi connectivity index (χ2v) is 2.54. The van der Waals surface area contributed by atoms with E-state index in [4.69, 9.17) is 5.73 Å². The summed E-state index contributed by atoms with van der Waals surface area (Å²) in [6, 6.07) is 5.92. The lowest BCUT2D eigenvalue weighted by Gasteiger charge is -2.03. The largest absolute Gasteiger partial charge is 0.370 e. The Morgan fingerprint density at radius 2 is 2.07 bits per heavy atom. The summed E-state index contributed by atoms with van der Waals surface area (Å²) in [6.07, 6.45) is 0. The standard InChI is InChI=1S/C8H10N4O2/c1-10-8(9)11-6-2-4-7(5-3-6)12(13)14/h2-5H,1H3,(H3,9,10,11). The highest BCUT2D eigenvalue weighted by atomic mass is 16.6. The molecular formula is C8H10N4O2. The Morgan fingerprint density at radius 3 is 2.50 bits per heavy atom. The van der Waals surface area contributed by atoms with Crippen molar-refractivity contribution in [1.29, 1.82) is 0 Å². The van der Waals surface area contributed by atoms with Crippen molar-refractivity contribution >= 4 is 17.3 Å². The molecule has 0 aliphatic heterocycles. The molecule has 6 nitrogen and oxygen atoms in total. The molecule has 3 N–H and O–H groups in total. The second-order valence-electron chi connectivity index (χ2n) is 2.54. The summed E-state index contributed by atoms with van der Waals surface area (Å²) in [5.41, 5.74) is 6.12. The summed E-state index contributed by atoms with van der Waals surface area (Å²) < 4.78 is 0. The quantitative estimate of drug-likeness (QED) is 0.317. The van der Waals surface area contributed by atoms with Gasteiger partial charge in [-0.2, -0.15) is 0 Å². The fraction of sp³-hybridized carbons (Fsp3) is 0.125. The van der Waals surface area contributed by atoms with Crippen molar-refractivity contribution in [2.45, 2.75) is 0 Å². The molecule has 0 spiro atoms. The van der Waals surface area contributed by atoms with E-state index in [0.717, 1.165) is 0 Å². The maximum atomic E-state index is 10.3. The summed E-state index contributed by atoms with van der Waals surface area (Å²) in [7, 11) is 1.55. The molecule has 0 radical (unpaired) electrons. The van der Waals surface area contributed by atoms with Gasteiger partial charge < -0.3 is 11.1 Å². The number of nitrogens with one attached hydrogen (secondary N) is 1. The molecule has 1 aromatic rings. The van der Waals surface area contributed by atoms with Crippen LogP contribution in [0.5, 0.6) is 0 Å². The number of non-ortho nitro benzene ring substituents is 1. The van der Waals surface area contributed by atoms with Crippen LogP contribution < -0.4 is 11.1 Å². The van der Waals surface area contributed by atoms with Gasteiger partial charge in [0.1, 0.15) is 0 Å². The van der Waals surface area contributed by atoms with E-state index in [9.17, 15) is 10.1 Å². The van der Waals surface area contributed by atoms with Crippen LogP contribution >= 0.6 is 0 Å². The van der Waals surface area contributed by atoms with Crippen LogP contribution in [0.15, 0.2) is 29.3 Å². The summed E-state index contributed by atoms with van der Waals surface area (Å²) in [6.45, 7) is 0. The van der Waals surface area contributed by atoms with Gasteiger partial charge in [0.15, 0.2) is 5.96 Å². The molecule has 0 aliphatic rings. The molecule has 1 aromatic carbocycles. The maximum absolute atomic E-state index is 10.3. The van der Waals surface area contributed by atoms with Crippen molar-refractivity contribution in [3.05, 3.63) is 34.4 Å². The van der Waals surface area contributed by atoms with Crippen molar-refractivity contribution in [1.82, 2.24) is 0 Å². The minimum absolute atomic E-state index is 0.0440. The summed E-state index contributed by atoms with van der Waals surface area (Å²) >= 11 is 0. The topological polar surface area (TPSA) is 93.5 Å². The molecule has 74 valence electrons. The van der Waals surface area contributed by atoms with E-state index in [1.807, 2.05) is 0 Å². The average molecular weight is 194 g/mol. The predicted octanol–water partition coefficient (Wildman–Crippen LogP) is 0.951. The van der Waals surface area contributed by atoms with Gasteiger partial charge in [0.2, 0.25) is 0 Å². The maximum Gasteiger partial charge on any atom is 0.269 e. The third-order valence-corrected chi connectivity index (χ3v) is 1.59. The molecule has 1 rings (SSSR count). The van der Waals surface area contributed by atoms with Gasteiger partial charge in [-0.05, 0) is 12.1 Å². The van der Waals surface area contributed by atoms with E-state index >= 15 is 0 Å². The van der Waals surface area contributed by atoms with Gasteiger partial charge in [-0.25, -0.2) is 0 Å². The van der Waals surface area contributed by atoms with Gasteiger partial charge in [0.25, 0.3) is 5.69 Å². The molecule has 0 saturated heterocycles. The molecule has 0 bridgehead atoms. The first kappa shape index (κ1) is 9.97. The minimum atomic E-state index is -0.457. The van der Waals surface area contributed by atoms with Crippen molar-refractivity contribution in [3.63, 3.8) is 0 Å². The zero-order chi connectivity index (χ0) is 10.6. The summed E-state index contributed by atoms with van der Waals surface area (Å²) in [5, 5.41) is 13.1. The number of nitrogens with zero attached hydrogens (tertiary/aromatic N) is 2. The number of benzene rings is 1. The smallest absolute Gasteiger partial charge is 0.269 e. The van der Waals surface area contributed by atoms with Crippen molar-refractivity contribution in [2.24, 2.45) is 10.7 Å². The van der Waals surface area contributed by atoms with Crippen molar-refractivity contribution in [2.75, 3.05) is 12.4 Å². The number of hydrogen-bond acceptors (Lipinski definition) is 3. The molecular weight excluding hydrogens is 184 g/mol. The van der Waals surface area contributed by atoms with Crippen LogP contribution in [0.3, 0.4) is 0 Å². The summed E-state index contributed by atoms with van der Waals surface area (Å²) in [4.78, 5) is 13.6. The van der Waals surface area contributed by atoms with E-state index in [1.54, 1.807) is 19.2 Å². The number of hydrogen-bond donors (Lipinski definition) is 2. The van der Waals surface area contributed by atoms with E-state index in [-0.39, 0.29) is 11.6 Å². The number of nitro groups is 1. The molecule has 0 unspecified atom stereocenters. The molecule has 0 saturated carbocycles. The number of aliphatic imine (C=N–C) groups is 1. The van der Waals surface area contributed by atoms with Gasteiger partial charge in [-0.15, -0.1) is 0 Å². The van der Waals surface area contributed by atoms with Gasteiger partial charge in [0, 0.05) is 24.9 Å². The molecule has 0 fully saturated rings. The normalized spacial score (nSPS) is 11.1. The summed E-state index contributed by atoms with van der Waals surface area (Å²) in [5.74, 6) is 0.263. The van der Waals surface area contributed by atoms with Crippen molar-refractivity contribution in [3.8, 4) is 0 Å². The third kappa shape index (κ3) is 2.44. The van der Waals surface area contributed by atoms with Crippen LogP contribution in [-0.2, 0) is 0 Å². The van der Waals surface area contributed by atoms with Crippen LogP contribution in [0.4, 0.5) is 11.4 Å². The van der Waals surface area contributed by atoms with Crippen LogP contribution in [0.25, 0.3) is 0 Å². The number of guanidine groups is 1. The first-order chi connectivity index (χ1) is 6.63. The first-order valence-electron chi connectivity index (χ1n) is 3.87. The Kier molecular flexibility index (Phi) is 3.01. The molecule has 0 atom stereocenters. The predicted molar refractivity (Wildman–Crippen MR) is 54.3 cm³/mol. The monoisotopic (exact) mass is 194 g/mol. The number of rotatable bonds is 2. The van der Waals surface area contributed by atoms with Gasteiger partial charge in [0.05, 0.1) is 4.92 Å². The molecule has 0 heterocycles. The highest BCUT2D eigenvalue weighted by Gasteiger charge is 2.03. The highest BCUT2D eigenvalue weighted by Crippen LogP contribution is 2.14. The van der Waals surface area contributed by atoms with Crippen LogP contribution in [0, 0.1) is 10.1 Å². The first-order valence-corrected chi connectivity index (χ1v) is 3.87. The Labute approximate surface area is 80.6 Å².